The van der Waals surface area contributed by atoms with Gasteiger partial charge in [-0.3, -0.25) is 10.6 Å². The maximum atomic E-state index is 10.3. The lowest BCUT2D eigenvalue weighted by Gasteiger charge is -2.06. The van der Waals surface area contributed by atoms with Gasteiger partial charge >= 0.3 is 12.2 Å². The summed E-state index contributed by atoms with van der Waals surface area (Å²) in [5, 5.41) is 24.5. The molecule has 1 aromatic carbocycles. The minimum Gasteiger partial charge on any atom is -0.288 e. The van der Waals surface area contributed by atoms with Crippen LogP contribution < -0.4 is 10.6 Å². The zero-order chi connectivity index (χ0) is 11.4. The average Bonchev–Trinajstić information content (AvgIpc) is 2.09. The number of anilines is 2. The fraction of sp³-hybridized carbons (Fsp3) is 0.111. The van der Waals surface area contributed by atoms with Crippen molar-refractivity contribution in [3.05, 3.63) is 23.8 Å². The molecule has 0 aliphatic rings. The Balaban J connectivity index is 2.94. The Morgan fingerprint density at radius 2 is 1.67 bits per heavy atom. The van der Waals surface area contributed by atoms with E-state index in [2.05, 4.69) is 0 Å². The zero-order valence-corrected chi connectivity index (χ0v) is 7.87. The molecule has 0 fully saturated rings. The van der Waals surface area contributed by atoms with Gasteiger partial charge in [0.25, 0.3) is 0 Å². The molecule has 1 aromatic rings. The molecule has 0 unspecified atom stereocenters. The topological polar surface area (TPSA) is 98.0 Å². The summed E-state index contributed by atoms with van der Waals surface area (Å²) in [6.07, 6.45) is -2.91. The van der Waals surface area contributed by atoms with Crippen molar-refractivity contribution >= 4 is 23.6 Å². The van der Waals surface area contributed by atoms with Crippen molar-refractivity contribution in [2.75, 3.05) is 10.6 Å². The van der Waals surface area contributed by atoms with Crippen LogP contribution in [-0.2, 0) is 10.2 Å². The van der Waals surface area contributed by atoms with Crippen molar-refractivity contribution < 1.29 is 19.8 Å². The van der Waals surface area contributed by atoms with Gasteiger partial charge in [-0.2, -0.15) is 0 Å². The zero-order valence-electron chi connectivity index (χ0n) is 7.87. The van der Waals surface area contributed by atoms with E-state index in [0.29, 0.717) is 5.56 Å². The number of rotatable bonds is 2. The second-order valence-corrected chi connectivity index (χ2v) is 2.85. The summed E-state index contributed by atoms with van der Waals surface area (Å²) in [5.74, 6) is 0. The molecule has 0 saturated carbocycles. The van der Waals surface area contributed by atoms with Gasteiger partial charge in [-0.05, 0) is 24.6 Å². The standard InChI is InChI=1S/C9H8N2O4/c1-5-2-3-6(10-8(12)13)4-7(5)11-9(14)15/h2-4,10-11H,1H3. The van der Waals surface area contributed by atoms with Crippen LogP contribution >= 0.6 is 0 Å². The van der Waals surface area contributed by atoms with Crippen molar-refractivity contribution in [3.63, 3.8) is 0 Å². The van der Waals surface area contributed by atoms with E-state index in [1.807, 2.05) is 10.6 Å². The number of carbonyl (C=O) groups is 2. The third-order valence-corrected chi connectivity index (χ3v) is 1.72. The molecule has 6 nitrogen and oxygen atoms in total. The number of carbonyl (C=O) groups excluding carboxylic acids is 2. The molecule has 1 rings (SSSR count). The average molecular weight is 208 g/mol. The van der Waals surface area contributed by atoms with Crippen LogP contribution in [0.25, 0.3) is 0 Å². The maximum Gasteiger partial charge on any atom is 0.454 e. The van der Waals surface area contributed by atoms with E-state index >= 15 is 0 Å². The summed E-state index contributed by atoms with van der Waals surface area (Å²) in [6, 6.07) is 4.39. The first kappa shape index (κ1) is 10.8. The molecule has 2 radical (unpaired) electrons. The molecular formula is C9H8N2O4. The predicted molar refractivity (Wildman–Crippen MR) is 50.6 cm³/mol. The Morgan fingerprint density at radius 3 is 2.20 bits per heavy atom. The lowest BCUT2D eigenvalue weighted by atomic mass is 10.2. The van der Waals surface area contributed by atoms with E-state index in [1.165, 1.54) is 12.1 Å². The Labute approximate surface area is 85.5 Å². The van der Waals surface area contributed by atoms with Crippen LogP contribution in [0.3, 0.4) is 0 Å². The molecule has 0 atom stereocenters. The van der Waals surface area contributed by atoms with Crippen LogP contribution in [0.4, 0.5) is 21.0 Å². The van der Waals surface area contributed by atoms with E-state index in [9.17, 15) is 19.8 Å². The molecule has 2 N–H and O–H groups in total. The molecular weight excluding hydrogens is 200 g/mol. The molecule has 0 saturated heterocycles. The first-order valence-electron chi connectivity index (χ1n) is 4.05. The van der Waals surface area contributed by atoms with Crippen molar-refractivity contribution in [3.8, 4) is 0 Å². The molecule has 0 aliphatic heterocycles. The van der Waals surface area contributed by atoms with Gasteiger partial charge in [-0.15, -0.1) is 0 Å². The second kappa shape index (κ2) is 4.32. The summed E-state index contributed by atoms with van der Waals surface area (Å²) in [4.78, 5) is 20.5. The van der Waals surface area contributed by atoms with E-state index in [-0.39, 0.29) is 11.4 Å². The number of aryl methyl sites for hydroxylation is 1. The Kier molecular flexibility index (Phi) is 3.12. The third-order valence-electron chi connectivity index (χ3n) is 1.72. The van der Waals surface area contributed by atoms with Crippen LogP contribution in [0.1, 0.15) is 5.56 Å². The molecule has 0 bridgehead atoms. The second-order valence-electron chi connectivity index (χ2n) is 2.85. The number of hydrogen-bond acceptors (Lipinski definition) is 2. The van der Waals surface area contributed by atoms with E-state index in [4.69, 9.17) is 0 Å². The number of benzene rings is 1. The summed E-state index contributed by atoms with van der Waals surface area (Å²) in [7, 11) is 0. The molecule has 15 heavy (non-hydrogen) atoms. The van der Waals surface area contributed by atoms with Gasteiger partial charge in [0.1, 0.15) is 0 Å². The SMILES string of the molecule is Cc1ccc(NC([O])=O)cc1NC([O])=O. The van der Waals surface area contributed by atoms with Gasteiger partial charge in [0.05, 0.1) is 0 Å². The fourth-order valence-corrected chi connectivity index (χ4v) is 1.06. The predicted octanol–water partition coefficient (Wildman–Crippen LogP) is 1.92. The first-order chi connectivity index (χ1) is 6.99. The molecule has 0 aromatic heterocycles. The van der Waals surface area contributed by atoms with Gasteiger partial charge in [-0.25, -0.2) is 19.8 Å². The number of amides is 2. The van der Waals surface area contributed by atoms with Gasteiger partial charge in [-0.1, -0.05) is 6.07 Å². The summed E-state index contributed by atoms with van der Waals surface area (Å²) in [5.41, 5.74) is 1.15. The van der Waals surface area contributed by atoms with Crippen LogP contribution in [0, 0.1) is 6.92 Å². The monoisotopic (exact) mass is 208 g/mol. The molecule has 6 heteroatoms. The normalized spacial score (nSPS) is 9.40. The Morgan fingerprint density at radius 1 is 1.07 bits per heavy atom. The Bertz CT molecular complexity index is 403. The van der Waals surface area contributed by atoms with Crippen molar-refractivity contribution in [1.29, 1.82) is 0 Å². The summed E-state index contributed by atoms with van der Waals surface area (Å²) < 4.78 is 0. The Hall–Kier alpha value is -2.24. The molecule has 78 valence electrons. The van der Waals surface area contributed by atoms with Crippen molar-refractivity contribution in [1.82, 2.24) is 0 Å². The van der Waals surface area contributed by atoms with Crippen LogP contribution in [0.15, 0.2) is 18.2 Å². The third kappa shape index (κ3) is 3.18. The van der Waals surface area contributed by atoms with Gasteiger partial charge in [0.15, 0.2) is 0 Å². The van der Waals surface area contributed by atoms with E-state index < -0.39 is 12.2 Å². The van der Waals surface area contributed by atoms with E-state index in [0.717, 1.165) is 0 Å². The number of hydrogen-bond donors (Lipinski definition) is 2. The van der Waals surface area contributed by atoms with Gasteiger partial charge in [0.2, 0.25) is 0 Å². The minimum absolute atomic E-state index is 0.226. The van der Waals surface area contributed by atoms with Gasteiger partial charge < -0.3 is 0 Å². The molecule has 0 aliphatic carbocycles. The van der Waals surface area contributed by atoms with Crippen LogP contribution in [0.2, 0.25) is 0 Å². The molecule has 0 spiro atoms. The van der Waals surface area contributed by atoms with Crippen molar-refractivity contribution in [2.45, 2.75) is 6.92 Å². The highest BCUT2D eigenvalue weighted by atomic mass is 16.4. The van der Waals surface area contributed by atoms with E-state index in [1.54, 1.807) is 13.0 Å². The summed E-state index contributed by atoms with van der Waals surface area (Å²) >= 11 is 0. The largest absolute Gasteiger partial charge is 0.454 e. The van der Waals surface area contributed by atoms with Gasteiger partial charge in [0, 0.05) is 11.4 Å². The highest BCUT2D eigenvalue weighted by Crippen LogP contribution is 2.20. The summed E-state index contributed by atoms with van der Waals surface area (Å²) in [6.45, 7) is 1.67. The highest BCUT2D eigenvalue weighted by molar-refractivity contribution is 5.87. The molecule has 0 heterocycles. The lowest BCUT2D eigenvalue weighted by Crippen LogP contribution is -2.09. The quantitative estimate of drug-likeness (QED) is 0.775. The van der Waals surface area contributed by atoms with Crippen LogP contribution in [0.5, 0.6) is 0 Å². The smallest absolute Gasteiger partial charge is 0.288 e. The number of nitrogens with one attached hydrogen (secondary N) is 2. The highest BCUT2D eigenvalue weighted by Gasteiger charge is 2.06. The maximum absolute atomic E-state index is 10.3. The van der Waals surface area contributed by atoms with Crippen molar-refractivity contribution in [2.24, 2.45) is 0 Å². The minimum atomic E-state index is -1.46. The lowest BCUT2D eigenvalue weighted by molar-refractivity contribution is 0.184. The fourth-order valence-electron chi connectivity index (χ4n) is 1.06. The molecule has 2 amide bonds. The first-order valence-corrected chi connectivity index (χ1v) is 4.05. The van der Waals surface area contributed by atoms with Crippen LogP contribution in [-0.4, -0.2) is 12.2 Å².